The molecule has 0 heterocycles. The maximum absolute atomic E-state index is 13.0. The number of ketones is 1. The maximum Gasteiger partial charge on any atom is 0.195 e. The highest BCUT2D eigenvalue weighted by Gasteiger charge is 2.46. The topological polar surface area (TPSA) is 37.3 Å². The first-order chi connectivity index (χ1) is 10.3. The Kier molecular flexibility index (Phi) is 3.60. The minimum Gasteiger partial charge on any atom is -0.377 e. The Bertz CT molecular complexity index is 694. The standard InChI is InChI=1S/C20H24O2/c1-12(2)17-10-15-9-8-14(4)16-7-5-6-13(3)11-20(22,18(15)16)19(17)21/h8-10,12,22H,3,5-7,11H2,1-2,4H3. The molecule has 1 N–H and O–H groups in total. The van der Waals surface area contributed by atoms with Crippen LogP contribution in [0.5, 0.6) is 0 Å². The van der Waals surface area contributed by atoms with Crippen LogP contribution in [0.4, 0.5) is 0 Å². The molecule has 1 unspecified atom stereocenters. The first-order valence-corrected chi connectivity index (χ1v) is 8.13. The van der Waals surface area contributed by atoms with E-state index in [1.165, 1.54) is 5.56 Å². The minimum atomic E-state index is -1.43. The van der Waals surface area contributed by atoms with Crippen molar-refractivity contribution >= 4 is 11.9 Å². The zero-order valence-corrected chi connectivity index (χ0v) is 13.7. The van der Waals surface area contributed by atoms with Gasteiger partial charge in [-0.15, -0.1) is 0 Å². The third-order valence-corrected chi connectivity index (χ3v) is 5.03. The Labute approximate surface area is 132 Å². The Morgan fingerprint density at radius 1 is 1.27 bits per heavy atom. The van der Waals surface area contributed by atoms with E-state index in [0.29, 0.717) is 6.42 Å². The number of aliphatic hydroxyl groups is 1. The molecule has 0 fully saturated rings. The van der Waals surface area contributed by atoms with Gasteiger partial charge in [0.2, 0.25) is 0 Å². The summed E-state index contributed by atoms with van der Waals surface area (Å²) in [5.41, 5.74) is 4.42. The molecule has 0 amide bonds. The lowest BCUT2D eigenvalue weighted by atomic mass is 9.68. The molecule has 0 saturated carbocycles. The van der Waals surface area contributed by atoms with E-state index in [0.717, 1.165) is 47.1 Å². The molecule has 116 valence electrons. The number of rotatable bonds is 1. The van der Waals surface area contributed by atoms with Crippen LogP contribution in [0, 0.1) is 12.8 Å². The first kappa shape index (κ1) is 15.2. The molecule has 22 heavy (non-hydrogen) atoms. The summed E-state index contributed by atoms with van der Waals surface area (Å²) in [5, 5.41) is 11.4. The normalized spacial score (nSPS) is 24.7. The molecule has 1 aromatic rings. The summed E-state index contributed by atoms with van der Waals surface area (Å²) in [6.45, 7) is 10.2. The van der Waals surface area contributed by atoms with Gasteiger partial charge in [-0.25, -0.2) is 0 Å². The van der Waals surface area contributed by atoms with Gasteiger partial charge in [-0.05, 0) is 54.9 Å². The minimum absolute atomic E-state index is 0.105. The number of Topliss-reactive ketones (excluding diaryl/α,β-unsaturated/α-hetero) is 1. The van der Waals surface area contributed by atoms with Crippen molar-refractivity contribution in [1.29, 1.82) is 0 Å². The van der Waals surface area contributed by atoms with E-state index in [9.17, 15) is 9.90 Å². The molecule has 0 saturated heterocycles. The summed E-state index contributed by atoms with van der Waals surface area (Å²) in [7, 11) is 0. The molecule has 2 aliphatic rings. The number of benzene rings is 1. The van der Waals surface area contributed by atoms with Crippen molar-refractivity contribution in [1.82, 2.24) is 0 Å². The smallest absolute Gasteiger partial charge is 0.195 e. The van der Waals surface area contributed by atoms with Crippen LogP contribution >= 0.6 is 0 Å². The van der Waals surface area contributed by atoms with Gasteiger partial charge in [0.25, 0.3) is 0 Å². The molecule has 3 rings (SSSR count). The molecule has 0 bridgehead atoms. The molecular formula is C20H24O2. The summed E-state index contributed by atoms with van der Waals surface area (Å²) in [4.78, 5) is 13.0. The Morgan fingerprint density at radius 3 is 2.68 bits per heavy atom. The van der Waals surface area contributed by atoms with Crippen molar-refractivity contribution in [3.05, 3.63) is 52.1 Å². The molecule has 0 radical (unpaired) electrons. The third kappa shape index (κ3) is 2.17. The summed E-state index contributed by atoms with van der Waals surface area (Å²) in [6.07, 6.45) is 5.12. The van der Waals surface area contributed by atoms with Crippen LogP contribution in [-0.4, -0.2) is 10.9 Å². The average Bonchev–Trinajstić information content (AvgIpc) is 2.43. The van der Waals surface area contributed by atoms with E-state index in [2.05, 4.69) is 19.6 Å². The number of carbonyl (C=O) groups is 1. The quantitative estimate of drug-likeness (QED) is 0.793. The fourth-order valence-electron chi connectivity index (χ4n) is 3.85. The highest BCUT2D eigenvalue weighted by atomic mass is 16.3. The first-order valence-electron chi connectivity index (χ1n) is 8.13. The average molecular weight is 296 g/mol. The SMILES string of the molecule is C=C1CCCc2c(C)ccc3c2C(O)(C1)C(=O)C(C(C)C)=C3. The fourth-order valence-corrected chi connectivity index (χ4v) is 3.85. The molecule has 2 heteroatoms. The highest BCUT2D eigenvalue weighted by Crippen LogP contribution is 2.45. The van der Waals surface area contributed by atoms with Gasteiger partial charge in [0.05, 0.1) is 0 Å². The predicted molar refractivity (Wildman–Crippen MR) is 89.6 cm³/mol. The van der Waals surface area contributed by atoms with Gasteiger partial charge in [0, 0.05) is 17.6 Å². The van der Waals surface area contributed by atoms with Gasteiger partial charge < -0.3 is 5.11 Å². The number of hydrogen-bond donors (Lipinski definition) is 1. The van der Waals surface area contributed by atoms with Crippen LogP contribution in [0.1, 0.15) is 55.4 Å². The van der Waals surface area contributed by atoms with Crippen LogP contribution in [0.3, 0.4) is 0 Å². The molecule has 1 atom stereocenters. The zero-order chi connectivity index (χ0) is 16.1. The summed E-state index contributed by atoms with van der Waals surface area (Å²) in [5.74, 6) is -0.0296. The molecule has 0 aliphatic heterocycles. The van der Waals surface area contributed by atoms with E-state index < -0.39 is 5.60 Å². The summed E-state index contributed by atoms with van der Waals surface area (Å²) >= 11 is 0. The van der Waals surface area contributed by atoms with Gasteiger partial charge in [0.15, 0.2) is 11.4 Å². The van der Waals surface area contributed by atoms with Gasteiger partial charge >= 0.3 is 0 Å². The maximum atomic E-state index is 13.0. The van der Waals surface area contributed by atoms with Crippen molar-refractivity contribution in [3.8, 4) is 0 Å². The van der Waals surface area contributed by atoms with Gasteiger partial charge in [0.1, 0.15) is 0 Å². The zero-order valence-electron chi connectivity index (χ0n) is 13.7. The summed E-state index contributed by atoms with van der Waals surface area (Å²) < 4.78 is 0. The number of hydrogen-bond acceptors (Lipinski definition) is 2. The van der Waals surface area contributed by atoms with Crippen molar-refractivity contribution < 1.29 is 9.90 Å². The van der Waals surface area contributed by atoms with Crippen molar-refractivity contribution in [3.63, 3.8) is 0 Å². The predicted octanol–water partition coefficient (Wildman–Crippen LogP) is 4.09. The largest absolute Gasteiger partial charge is 0.377 e. The lowest BCUT2D eigenvalue weighted by Gasteiger charge is -2.38. The molecule has 1 aromatic carbocycles. The van der Waals surface area contributed by atoms with Gasteiger partial charge in [-0.3, -0.25) is 4.79 Å². The van der Waals surface area contributed by atoms with Crippen LogP contribution < -0.4 is 0 Å². The number of aryl methyl sites for hydroxylation is 1. The van der Waals surface area contributed by atoms with Crippen LogP contribution in [-0.2, 0) is 16.8 Å². The third-order valence-electron chi connectivity index (χ3n) is 5.03. The second-order valence-electron chi connectivity index (χ2n) is 7.05. The van der Waals surface area contributed by atoms with Crippen molar-refractivity contribution in [2.45, 2.75) is 52.1 Å². The summed E-state index contributed by atoms with van der Waals surface area (Å²) in [6, 6.07) is 4.15. The molecule has 0 spiro atoms. The van der Waals surface area contributed by atoms with E-state index in [4.69, 9.17) is 0 Å². The lowest BCUT2D eigenvalue weighted by Crippen LogP contribution is -2.42. The van der Waals surface area contributed by atoms with Crippen molar-refractivity contribution in [2.75, 3.05) is 0 Å². The fraction of sp³-hybridized carbons (Fsp3) is 0.450. The van der Waals surface area contributed by atoms with E-state index in [1.807, 2.05) is 26.0 Å². The van der Waals surface area contributed by atoms with Crippen LogP contribution in [0.25, 0.3) is 6.08 Å². The molecular weight excluding hydrogens is 272 g/mol. The van der Waals surface area contributed by atoms with E-state index in [-0.39, 0.29) is 11.7 Å². The molecule has 2 aliphatic carbocycles. The van der Waals surface area contributed by atoms with Gasteiger partial charge in [-0.1, -0.05) is 38.1 Å². The Hall–Kier alpha value is -1.67. The van der Waals surface area contributed by atoms with Gasteiger partial charge in [-0.2, -0.15) is 0 Å². The van der Waals surface area contributed by atoms with Crippen LogP contribution in [0.2, 0.25) is 0 Å². The second-order valence-corrected chi connectivity index (χ2v) is 7.05. The lowest BCUT2D eigenvalue weighted by molar-refractivity contribution is -0.135. The Morgan fingerprint density at radius 2 is 2.00 bits per heavy atom. The van der Waals surface area contributed by atoms with E-state index >= 15 is 0 Å². The van der Waals surface area contributed by atoms with Crippen molar-refractivity contribution in [2.24, 2.45) is 5.92 Å². The van der Waals surface area contributed by atoms with Crippen LogP contribution in [0.15, 0.2) is 29.9 Å². The Balaban J connectivity index is 2.33. The second kappa shape index (κ2) is 5.20. The molecule has 0 aromatic heterocycles. The molecule has 2 nitrogen and oxygen atoms in total. The monoisotopic (exact) mass is 296 g/mol. The highest BCUT2D eigenvalue weighted by molar-refractivity contribution is 6.09. The number of carbonyl (C=O) groups excluding carboxylic acids is 1. The van der Waals surface area contributed by atoms with E-state index in [1.54, 1.807) is 0 Å².